The van der Waals surface area contributed by atoms with E-state index in [9.17, 15) is 0 Å². The Hall–Kier alpha value is -1.44. The van der Waals surface area contributed by atoms with Gasteiger partial charge in [-0.2, -0.15) is 5.01 Å². The van der Waals surface area contributed by atoms with E-state index < -0.39 is 8.07 Å². The standard InChI is InChI=1S/C13H23N5OSi/c1-20(2,3)7-6-19-10-18-9-11(8-16-18)13-15-5-4-12(14)17-13/h4-5,8,16H,6-7,9-10H2,1-3H3,(H2,14,15,17). The molecule has 1 aromatic rings. The molecule has 110 valence electrons. The lowest BCUT2D eigenvalue weighted by Gasteiger charge is -2.19. The fraction of sp³-hybridized carbons (Fsp3) is 0.538. The Morgan fingerprint density at radius 1 is 1.45 bits per heavy atom. The Labute approximate surface area is 121 Å². The first kappa shape index (κ1) is 15.0. The van der Waals surface area contributed by atoms with E-state index in [0.717, 1.165) is 18.7 Å². The van der Waals surface area contributed by atoms with E-state index in [0.29, 0.717) is 18.4 Å². The molecule has 1 aliphatic rings. The van der Waals surface area contributed by atoms with Crippen molar-refractivity contribution in [3.63, 3.8) is 0 Å². The largest absolute Gasteiger partial charge is 0.384 e. The van der Waals surface area contributed by atoms with Crippen molar-refractivity contribution in [2.45, 2.75) is 25.7 Å². The molecular formula is C13H23N5OSi. The average Bonchev–Trinajstić information content (AvgIpc) is 2.82. The summed E-state index contributed by atoms with van der Waals surface area (Å²) in [5.74, 6) is 1.16. The van der Waals surface area contributed by atoms with E-state index in [2.05, 4.69) is 35.0 Å². The fourth-order valence-electron chi connectivity index (χ4n) is 1.76. The van der Waals surface area contributed by atoms with Crippen molar-refractivity contribution in [3.8, 4) is 0 Å². The van der Waals surface area contributed by atoms with E-state index >= 15 is 0 Å². The van der Waals surface area contributed by atoms with Crippen LogP contribution >= 0.6 is 0 Å². The van der Waals surface area contributed by atoms with Crippen molar-refractivity contribution in [2.75, 3.05) is 25.6 Å². The minimum absolute atomic E-state index is 0.487. The van der Waals surface area contributed by atoms with Gasteiger partial charge in [0.15, 0.2) is 5.82 Å². The number of nitrogens with one attached hydrogen (secondary N) is 1. The zero-order valence-corrected chi connectivity index (χ0v) is 13.4. The van der Waals surface area contributed by atoms with Gasteiger partial charge >= 0.3 is 0 Å². The monoisotopic (exact) mass is 293 g/mol. The van der Waals surface area contributed by atoms with Crippen LogP contribution in [0.25, 0.3) is 5.57 Å². The van der Waals surface area contributed by atoms with Gasteiger partial charge in [-0.05, 0) is 12.1 Å². The predicted molar refractivity (Wildman–Crippen MR) is 83.2 cm³/mol. The molecule has 0 unspecified atom stereocenters. The second-order valence-corrected chi connectivity index (χ2v) is 11.8. The molecule has 3 N–H and O–H groups in total. The highest BCUT2D eigenvalue weighted by molar-refractivity contribution is 6.76. The Kier molecular flexibility index (Phi) is 4.74. The quantitative estimate of drug-likeness (QED) is 0.612. The van der Waals surface area contributed by atoms with Crippen molar-refractivity contribution in [1.82, 2.24) is 20.4 Å². The van der Waals surface area contributed by atoms with E-state index in [1.54, 1.807) is 12.3 Å². The smallest absolute Gasteiger partial charge is 0.160 e. The summed E-state index contributed by atoms with van der Waals surface area (Å²) in [6.45, 7) is 9.14. The van der Waals surface area contributed by atoms with E-state index in [1.807, 2.05) is 11.2 Å². The van der Waals surface area contributed by atoms with Gasteiger partial charge in [0, 0.05) is 32.7 Å². The minimum Gasteiger partial charge on any atom is -0.384 e. The second-order valence-electron chi connectivity index (χ2n) is 6.15. The molecule has 0 saturated carbocycles. The maximum atomic E-state index is 5.70. The molecular weight excluding hydrogens is 270 g/mol. The molecule has 0 aromatic carbocycles. The van der Waals surface area contributed by atoms with Gasteiger partial charge in [-0.1, -0.05) is 19.6 Å². The molecule has 0 atom stereocenters. The fourth-order valence-corrected chi connectivity index (χ4v) is 2.52. The lowest BCUT2D eigenvalue weighted by atomic mass is 10.3. The van der Waals surface area contributed by atoms with Gasteiger partial charge in [0.05, 0.1) is 6.54 Å². The third-order valence-corrected chi connectivity index (χ3v) is 4.69. The first-order valence-electron chi connectivity index (χ1n) is 6.81. The molecule has 0 spiro atoms. The second kappa shape index (κ2) is 6.34. The van der Waals surface area contributed by atoms with Crippen molar-refractivity contribution < 1.29 is 4.74 Å². The van der Waals surface area contributed by atoms with Crippen molar-refractivity contribution in [3.05, 3.63) is 24.3 Å². The maximum Gasteiger partial charge on any atom is 0.160 e. The molecule has 2 heterocycles. The number of ether oxygens (including phenoxy) is 1. The summed E-state index contributed by atoms with van der Waals surface area (Å²) < 4.78 is 5.70. The Morgan fingerprint density at radius 2 is 2.25 bits per heavy atom. The number of nitrogen functional groups attached to an aromatic ring is 1. The zero-order chi connectivity index (χ0) is 14.6. The molecule has 1 aromatic heterocycles. The van der Waals surface area contributed by atoms with Gasteiger partial charge < -0.3 is 15.9 Å². The highest BCUT2D eigenvalue weighted by atomic mass is 28.3. The van der Waals surface area contributed by atoms with E-state index in [-0.39, 0.29) is 0 Å². The summed E-state index contributed by atoms with van der Waals surface area (Å²) in [6.07, 6.45) is 3.57. The number of nitrogens with zero attached hydrogens (tertiary/aromatic N) is 3. The number of aromatic nitrogens is 2. The lowest BCUT2D eigenvalue weighted by molar-refractivity contribution is 0.0284. The molecule has 1 aliphatic heterocycles. The van der Waals surface area contributed by atoms with Gasteiger partial charge in [0.25, 0.3) is 0 Å². The zero-order valence-electron chi connectivity index (χ0n) is 12.4. The summed E-state index contributed by atoms with van der Waals surface area (Å²) in [7, 11) is -1.02. The number of hydrogen-bond donors (Lipinski definition) is 2. The molecule has 0 amide bonds. The van der Waals surface area contributed by atoms with Gasteiger partial charge in [-0.15, -0.1) is 0 Å². The third-order valence-electron chi connectivity index (χ3n) is 2.99. The number of nitrogens with two attached hydrogens (primary N) is 1. The summed E-state index contributed by atoms with van der Waals surface area (Å²) in [4.78, 5) is 8.44. The molecule has 0 aliphatic carbocycles. The normalized spacial score (nSPS) is 16.1. The first-order valence-corrected chi connectivity index (χ1v) is 10.5. The highest BCUT2D eigenvalue weighted by Gasteiger charge is 2.18. The van der Waals surface area contributed by atoms with Gasteiger partial charge in [-0.25, -0.2) is 9.97 Å². The van der Waals surface area contributed by atoms with Crippen LogP contribution in [0.1, 0.15) is 5.82 Å². The van der Waals surface area contributed by atoms with Crippen LogP contribution in [0.4, 0.5) is 5.82 Å². The van der Waals surface area contributed by atoms with Gasteiger partial charge in [0.2, 0.25) is 0 Å². The highest BCUT2D eigenvalue weighted by Crippen LogP contribution is 2.15. The summed E-state index contributed by atoms with van der Waals surface area (Å²) >= 11 is 0. The predicted octanol–water partition coefficient (Wildman–Crippen LogP) is 1.53. The van der Waals surface area contributed by atoms with E-state index in [1.165, 1.54) is 6.04 Å². The summed E-state index contributed by atoms with van der Waals surface area (Å²) in [5, 5.41) is 1.99. The lowest BCUT2D eigenvalue weighted by Crippen LogP contribution is -2.33. The van der Waals surface area contributed by atoms with Crippen LogP contribution in [0.3, 0.4) is 0 Å². The van der Waals surface area contributed by atoms with Crippen molar-refractivity contribution in [1.29, 1.82) is 0 Å². The first-order chi connectivity index (χ1) is 9.44. The van der Waals surface area contributed by atoms with Crippen LogP contribution in [-0.2, 0) is 4.74 Å². The molecule has 6 nitrogen and oxygen atoms in total. The average molecular weight is 293 g/mol. The van der Waals surface area contributed by atoms with Crippen LogP contribution in [-0.4, -0.2) is 42.9 Å². The van der Waals surface area contributed by atoms with Crippen LogP contribution < -0.4 is 11.2 Å². The number of rotatable bonds is 6. The summed E-state index contributed by atoms with van der Waals surface area (Å²) in [6, 6.07) is 2.86. The molecule has 2 rings (SSSR count). The topological polar surface area (TPSA) is 76.3 Å². The molecule has 7 heteroatoms. The van der Waals surface area contributed by atoms with Crippen LogP contribution in [0.2, 0.25) is 25.7 Å². The molecule has 0 bridgehead atoms. The van der Waals surface area contributed by atoms with E-state index in [4.69, 9.17) is 10.5 Å². The SMILES string of the molecule is C[Si](C)(C)CCOCN1CC(c2nccc(N)n2)=CN1. The number of hydrogen-bond acceptors (Lipinski definition) is 6. The molecule has 20 heavy (non-hydrogen) atoms. The van der Waals surface area contributed by atoms with Gasteiger partial charge in [0.1, 0.15) is 12.5 Å². The van der Waals surface area contributed by atoms with Crippen molar-refractivity contribution >= 4 is 19.5 Å². The Balaban J connectivity index is 1.75. The summed E-state index contributed by atoms with van der Waals surface area (Å²) in [5.41, 5.74) is 9.85. The molecule has 0 saturated heterocycles. The minimum atomic E-state index is -1.02. The molecule has 0 radical (unpaired) electrons. The van der Waals surface area contributed by atoms with Crippen LogP contribution in [0.5, 0.6) is 0 Å². The van der Waals surface area contributed by atoms with Crippen molar-refractivity contribution in [2.24, 2.45) is 0 Å². The maximum absolute atomic E-state index is 5.70. The number of hydrazine groups is 1. The molecule has 0 fully saturated rings. The third kappa shape index (κ3) is 4.59. The Bertz CT molecular complexity index is 486. The van der Waals surface area contributed by atoms with Gasteiger partial charge in [-0.3, -0.25) is 0 Å². The Morgan fingerprint density at radius 3 is 2.95 bits per heavy atom. The van der Waals surface area contributed by atoms with Crippen LogP contribution in [0.15, 0.2) is 18.5 Å². The number of anilines is 1. The van der Waals surface area contributed by atoms with Crippen LogP contribution in [0, 0.1) is 0 Å².